The predicted molar refractivity (Wildman–Crippen MR) is 71.5 cm³/mol. The highest BCUT2D eigenvalue weighted by molar-refractivity contribution is 9.11. The maximum Gasteiger partial charge on any atom is 0.0701 e. The first-order valence-electron chi connectivity index (χ1n) is 5.40. The zero-order chi connectivity index (χ0) is 11.1. The van der Waals surface area contributed by atoms with E-state index in [9.17, 15) is 0 Å². The Hall–Kier alpha value is 0.1000. The SMILES string of the molecule is CCNC(C)CCNCc1ccc(Br)s1. The van der Waals surface area contributed by atoms with Gasteiger partial charge in [-0.1, -0.05) is 6.92 Å². The minimum Gasteiger partial charge on any atom is -0.314 e. The van der Waals surface area contributed by atoms with Gasteiger partial charge in [-0.05, 0) is 54.5 Å². The molecule has 0 aliphatic heterocycles. The Morgan fingerprint density at radius 1 is 1.47 bits per heavy atom. The van der Waals surface area contributed by atoms with Crippen molar-refractivity contribution in [1.82, 2.24) is 10.6 Å². The molecule has 0 aliphatic rings. The van der Waals surface area contributed by atoms with Crippen molar-refractivity contribution in [1.29, 1.82) is 0 Å². The number of hydrogen-bond donors (Lipinski definition) is 2. The van der Waals surface area contributed by atoms with Gasteiger partial charge in [-0.2, -0.15) is 0 Å². The van der Waals surface area contributed by atoms with E-state index >= 15 is 0 Å². The second-order valence-corrected chi connectivity index (χ2v) is 6.18. The van der Waals surface area contributed by atoms with Crippen molar-refractivity contribution in [2.75, 3.05) is 13.1 Å². The van der Waals surface area contributed by atoms with Crippen LogP contribution in [-0.4, -0.2) is 19.1 Å². The highest BCUT2D eigenvalue weighted by Gasteiger charge is 2.00. The van der Waals surface area contributed by atoms with Gasteiger partial charge in [-0.25, -0.2) is 0 Å². The molecule has 1 heterocycles. The molecule has 1 unspecified atom stereocenters. The van der Waals surface area contributed by atoms with E-state index in [0.717, 1.165) is 19.6 Å². The van der Waals surface area contributed by atoms with Crippen molar-refractivity contribution in [3.8, 4) is 0 Å². The summed E-state index contributed by atoms with van der Waals surface area (Å²) >= 11 is 5.26. The monoisotopic (exact) mass is 290 g/mol. The van der Waals surface area contributed by atoms with Gasteiger partial charge < -0.3 is 10.6 Å². The molecule has 1 atom stereocenters. The minimum atomic E-state index is 0.609. The summed E-state index contributed by atoms with van der Waals surface area (Å²) in [7, 11) is 0. The Morgan fingerprint density at radius 3 is 2.87 bits per heavy atom. The van der Waals surface area contributed by atoms with Gasteiger partial charge in [0.1, 0.15) is 0 Å². The van der Waals surface area contributed by atoms with Crippen LogP contribution in [0, 0.1) is 0 Å². The molecule has 0 amide bonds. The second kappa shape index (κ2) is 7.39. The highest BCUT2D eigenvalue weighted by atomic mass is 79.9. The maximum atomic E-state index is 3.47. The molecule has 0 fully saturated rings. The van der Waals surface area contributed by atoms with Crippen LogP contribution in [0.3, 0.4) is 0 Å². The van der Waals surface area contributed by atoms with Gasteiger partial charge in [0.25, 0.3) is 0 Å². The summed E-state index contributed by atoms with van der Waals surface area (Å²) in [4.78, 5) is 1.39. The summed E-state index contributed by atoms with van der Waals surface area (Å²) in [5.41, 5.74) is 0. The average molecular weight is 291 g/mol. The fraction of sp³-hybridized carbons (Fsp3) is 0.636. The van der Waals surface area contributed by atoms with E-state index in [1.807, 2.05) is 0 Å². The summed E-state index contributed by atoms with van der Waals surface area (Å²) in [6.45, 7) is 7.48. The van der Waals surface area contributed by atoms with Gasteiger partial charge in [-0.3, -0.25) is 0 Å². The van der Waals surface area contributed by atoms with E-state index in [1.54, 1.807) is 11.3 Å². The van der Waals surface area contributed by atoms with Crippen molar-refractivity contribution in [3.05, 3.63) is 20.8 Å². The molecule has 4 heteroatoms. The first-order valence-corrected chi connectivity index (χ1v) is 7.01. The third kappa shape index (κ3) is 5.66. The molecule has 2 nitrogen and oxygen atoms in total. The normalized spacial score (nSPS) is 13.0. The molecule has 1 rings (SSSR count). The number of rotatable bonds is 7. The molecule has 86 valence electrons. The molecule has 15 heavy (non-hydrogen) atoms. The third-order valence-electron chi connectivity index (χ3n) is 2.23. The van der Waals surface area contributed by atoms with Crippen LogP contribution >= 0.6 is 27.3 Å². The van der Waals surface area contributed by atoms with Crippen LogP contribution in [0.15, 0.2) is 15.9 Å². The lowest BCUT2D eigenvalue weighted by Crippen LogP contribution is -2.29. The average Bonchev–Trinajstić information content (AvgIpc) is 2.60. The van der Waals surface area contributed by atoms with Gasteiger partial charge >= 0.3 is 0 Å². The molecule has 0 aliphatic carbocycles. The first-order chi connectivity index (χ1) is 7.22. The van der Waals surface area contributed by atoms with Crippen molar-refractivity contribution in [3.63, 3.8) is 0 Å². The zero-order valence-electron chi connectivity index (χ0n) is 9.35. The molecular formula is C11H19BrN2S. The lowest BCUT2D eigenvalue weighted by atomic mass is 10.2. The van der Waals surface area contributed by atoms with Crippen LogP contribution in [0.25, 0.3) is 0 Å². The van der Waals surface area contributed by atoms with Crippen molar-refractivity contribution in [2.24, 2.45) is 0 Å². The fourth-order valence-corrected chi connectivity index (χ4v) is 2.88. The van der Waals surface area contributed by atoms with Crippen LogP contribution in [0.2, 0.25) is 0 Å². The standard InChI is InChI=1S/C11H19BrN2S/c1-3-14-9(2)6-7-13-8-10-4-5-11(12)15-10/h4-5,9,13-14H,3,6-8H2,1-2H3. The van der Waals surface area contributed by atoms with Gasteiger partial charge in [-0.15, -0.1) is 11.3 Å². The molecule has 0 saturated carbocycles. The van der Waals surface area contributed by atoms with E-state index < -0.39 is 0 Å². The summed E-state index contributed by atoms with van der Waals surface area (Å²) in [5.74, 6) is 0. The quantitative estimate of drug-likeness (QED) is 0.755. The van der Waals surface area contributed by atoms with Gasteiger partial charge in [0.2, 0.25) is 0 Å². The van der Waals surface area contributed by atoms with E-state index in [4.69, 9.17) is 0 Å². The van der Waals surface area contributed by atoms with Crippen LogP contribution < -0.4 is 10.6 Å². The summed E-state index contributed by atoms with van der Waals surface area (Å²) in [5, 5.41) is 6.86. The summed E-state index contributed by atoms with van der Waals surface area (Å²) in [6.07, 6.45) is 1.18. The molecule has 1 aromatic rings. The Morgan fingerprint density at radius 2 is 2.27 bits per heavy atom. The Labute approximate surface area is 105 Å². The topological polar surface area (TPSA) is 24.1 Å². The number of halogens is 1. The largest absolute Gasteiger partial charge is 0.314 e. The van der Waals surface area contributed by atoms with Gasteiger partial charge in [0, 0.05) is 17.5 Å². The Bertz CT molecular complexity index is 275. The third-order valence-corrected chi connectivity index (χ3v) is 3.86. The molecule has 0 saturated heterocycles. The van der Waals surface area contributed by atoms with Gasteiger partial charge in [0.05, 0.1) is 3.79 Å². The lowest BCUT2D eigenvalue weighted by molar-refractivity contribution is 0.505. The Kier molecular flexibility index (Phi) is 6.48. The van der Waals surface area contributed by atoms with Crippen molar-refractivity contribution in [2.45, 2.75) is 32.9 Å². The predicted octanol–water partition coefficient (Wildman–Crippen LogP) is 2.99. The molecule has 0 aromatic carbocycles. The molecule has 0 radical (unpaired) electrons. The van der Waals surface area contributed by atoms with Crippen molar-refractivity contribution < 1.29 is 0 Å². The van der Waals surface area contributed by atoms with Crippen molar-refractivity contribution >= 4 is 27.3 Å². The van der Waals surface area contributed by atoms with Crippen LogP contribution in [-0.2, 0) is 6.54 Å². The summed E-state index contributed by atoms with van der Waals surface area (Å²) < 4.78 is 1.21. The number of nitrogens with one attached hydrogen (secondary N) is 2. The highest BCUT2D eigenvalue weighted by Crippen LogP contribution is 2.21. The number of hydrogen-bond acceptors (Lipinski definition) is 3. The first kappa shape index (κ1) is 13.2. The van der Waals surface area contributed by atoms with E-state index in [-0.39, 0.29) is 0 Å². The van der Waals surface area contributed by atoms with Crippen LogP contribution in [0.5, 0.6) is 0 Å². The maximum absolute atomic E-state index is 3.47. The van der Waals surface area contributed by atoms with E-state index in [2.05, 4.69) is 52.5 Å². The second-order valence-electron chi connectivity index (χ2n) is 3.63. The van der Waals surface area contributed by atoms with E-state index in [1.165, 1.54) is 15.1 Å². The molecule has 0 spiro atoms. The molecule has 1 aromatic heterocycles. The summed E-state index contributed by atoms with van der Waals surface area (Å²) in [6, 6.07) is 4.87. The molecule has 2 N–H and O–H groups in total. The molecular weight excluding hydrogens is 272 g/mol. The fourth-order valence-electron chi connectivity index (χ4n) is 1.43. The lowest BCUT2D eigenvalue weighted by Gasteiger charge is -2.11. The van der Waals surface area contributed by atoms with Crippen LogP contribution in [0.4, 0.5) is 0 Å². The zero-order valence-corrected chi connectivity index (χ0v) is 11.7. The Balaban J connectivity index is 2.06. The minimum absolute atomic E-state index is 0.609. The van der Waals surface area contributed by atoms with E-state index in [0.29, 0.717) is 6.04 Å². The van der Waals surface area contributed by atoms with Crippen LogP contribution in [0.1, 0.15) is 25.1 Å². The smallest absolute Gasteiger partial charge is 0.0701 e. The number of thiophene rings is 1. The molecule has 0 bridgehead atoms. The van der Waals surface area contributed by atoms with Gasteiger partial charge in [0.15, 0.2) is 0 Å².